The van der Waals surface area contributed by atoms with Crippen LogP contribution in [0.1, 0.15) is 29.9 Å². The maximum atomic E-state index is 12.0. The fraction of sp³-hybridized carbons (Fsp3) is 0.500. The van der Waals surface area contributed by atoms with Crippen LogP contribution < -0.4 is 10.1 Å². The smallest absolute Gasteiger partial charge is 0.273 e. The van der Waals surface area contributed by atoms with E-state index in [1.165, 1.54) is 0 Å². The first kappa shape index (κ1) is 22.0. The van der Waals surface area contributed by atoms with Crippen molar-refractivity contribution in [1.82, 2.24) is 30.1 Å². The molecule has 0 radical (unpaired) electrons. The highest BCUT2D eigenvalue weighted by molar-refractivity contribution is 5.91. The van der Waals surface area contributed by atoms with E-state index in [2.05, 4.69) is 43.6 Å². The lowest BCUT2D eigenvalue weighted by molar-refractivity contribution is 0.0938. The van der Waals surface area contributed by atoms with Gasteiger partial charge in [-0.3, -0.25) is 19.3 Å². The molecule has 1 fully saturated rings. The number of carbonyl (C=O) groups excluding carboxylic acids is 1. The number of nitrogens with one attached hydrogen (secondary N) is 1. The Bertz CT molecular complexity index is 840. The minimum Gasteiger partial charge on any atom is -0.496 e. The largest absolute Gasteiger partial charge is 0.496 e. The summed E-state index contributed by atoms with van der Waals surface area (Å²) in [4.78, 5) is 16.8. The second-order valence-corrected chi connectivity index (χ2v) is 7.78. The topological polar surface area (TPSA) is 75.5 Å². The lowest BCUT2D eigenvalue weighted by Gasteiger charge is -2.34. The number of para-hydroxylation sites is 1. The van der Waals surface area contributed by atoms with Crippen LogP contribution in [0.15, 0.2) is 36.5 Å². The predicted molar refractivity (Wildman–Crippen MR) is 118 cm³/mol. The van der Waals surface area contributed by atoms with Crippen LogP contribution in [-0.4, -0.2) is 83.1 Å². The molecule has 2 heterocycles. The molecule has 3 rings (SSSR count). The predicted octanol–water partition coefficient (Wildman–Crippen LogP) is 1.76. The molecule has 1 aromatic carbocycles. The number of hydrogen-bond donors (Lipinski definition) is 1. The van der Waals surface area contributed by atoms with Gasteiger partial charge in [0, 0.05) is 50.9 Å². The van der Waals surface area contributed by atoms with Crippen molar-refractivity contribution < 1.29 is 9.53 Å². The second kappa shape index (κ2) is 10.9. The number of ether oxygens (including phenoxy) is 1. The van der Waals surface area contributed by atoms with Gasteiger partial charge in [-0.05, 0) is 19.9 Å². The van der Waals surface area contributed by atoms with Gasteiger partial charge < -0.3 is 10.1 Å². The zero-order valence-corrected chi connectivity index (χ0v) is 18.1. The summed E-state index contributed by atoms with van der Waals surface area (Å²) in [5.74, 6) is 0.725. The van der Waals surface area contributed by atoms with Crippen molar-refractivity contribution in [3.8, 4) is 5.75 Å². The van der Waals surface area contributed by atoms with Crippen molar-refractivity contribution in [2.24, 2.45) is 0 Å². The van der Waals surface area contributed by atoms with Gasteiger partial charge in [-0.25, -0.2) is 0 Å². The Balaban J connectivity index is 1.38. The first-order valence-electron chi connectivity index (χ1n) is 10.5. The molecule has 0 aliphatic carbocycles. The van der Waals surface area contributed by atoms with Crippen LogP contribution in [0.4, 0.5) is 0 Å². The monoisotopic (exact) mass is 412 g/mol. The highest BCUT2D eigenvalue weighted by Crippen LogP contribution is 2.18. The van der Waals surface area contributed by atoms with Gasteiger partial charge >= 0.3 is 0 Å². The van der Waals surface area contributed by atoms with Crippen LogP contribution in [0.2, 0.25) is 0 Å². The number of benzene rings is 1. The molecule has 0 bridgehead atoms. The van der Waals surface area contributed by atoms with E-state index in [1.807, 2.05) is 32.0 Å². The molecule has 1 amide bonds. The van der Waals surface area contributed by atoms with Gasteiger partial charge in [0.15, 0.2) is 5.69 Å². The first-order valence-corrected chi connectivity index (χ1v) is 10.5. The molecule has 30 heavy (non-hydrogen) atoms. The molecule has 0 saturated carbocycles. The summed E-state index contributed by atoms with van der Waals surface area (Å²) in [7, 11) is 1.70. The van der Waals surface area contributed by atoms with Crippen molar-refractivity contribution >= 4 is 12.0 Å². The van der Waals surface area contributed by atoms with E-state index in [0.29, 0.717) is 5.69 Å². The first-order chi connectivity index (χ1) is 14.5. The van der Waals surface area contributed by atoms with E-state index in [1.54, 1.807) is 18.0 Å². The third-order valence-electron chi connectivity index (χ3n) is 5.10. The maximum Gasteiger partial charge on any atom is 0.273 e. The van der Waals surface area contributed by atoms with Crippen LogP contribution in [-0.2, 0) is 6.54 Å². The molecular formula is C22H32N6O2. The second-order valence-electron chi connectivity index (χ2n) is 7.78. The van der Waals surface area contributed by atoms with Crippen LogP contribution in [0.25, 0.3) is 6.08 Å². The van der Waals surface area contributed by atoms with E-state index in [9.17, 15) is 4.79 Å². The van der Waals surface area contributed by atoms with Gasteiger partial charge in [-0.15, -0.1) is 5.10 Å². The molecule has 8 nitrogen and oxygen atoms in total. The average Bonchev–Trinajstić information content (AvgIpc) is 3.22. The van der Waals surface area contributed by atoms with Gasteiger partial charge in [0.05, 0.1) is 19.9 Å². The van der Waals surface area contributed by atoms with E-state index in [0.717, 1.165) is 57.1 Å². The number of piperazine rings is 1. The Labute approximate surface area is 178 Å². The normalized spacial score (nSPS) is 15.7. The fourth-order valence-electron chi connectivity index (χ4n) is 3.42. The SMILES string of the molecule is COc1ccccc1/C=C/CN1CCN(CCn2cc(C(=O)NC(C)C)nn2)CC1. The van der Waals surface area contributed by atoms with Crippen molar-refractivity contribution in [3.63, 3.8) is 0 Å². The highest BCUT2D eigenvalue weighted by Gasteiger charge is 2.16. The van der Waals surface area contributed by atoms with E-state index in [-0.39, 0.29) is 11.9 Å². The van der Waals surface area contributed by atoms with Crippen molar-refractivity contribution in [2.45, 2.75) is 26.4 Å². The van der Waals surface area contributed by atoms with E-state index >= 15 is 0 Å². The molecule has 8 heteroatoms. The number of amides is 1. The molecule has 1 aliphatic heterocycles. The quantitative estimate of drug-likeness (QED) is 0.676. The minimum absolute atomic E-state index is 0.0866. The molecule has 1 N–H and O–H groups in total. The molecule has 0 unspecified atom stereocenters. The molecule has 1 aliphatic rings. The van der Waals surface area contributed by atoms with Gasteiger partial charge in [0.1, 0.15) is 5.75 Å². The van der Waals surface area contributed by atoms with Crippen molar-refractivity contribution in [1.29, 1.82) is 0 Å². The number of methoxy groups -OCH3 is 1. The van der Waals surface area contributed by atoms with Gasteiger partial charge in [0.25, 0.3) is 5.91 Å². The third kappa shape index (κ3) is 6.40. The number of hydrogen-bond acceptors (Lipinski definition) is 6. The van der Waals surface area contributed by atoms with E-state index < -0.39 is 0 Å². The molecule has 0 spiro atoms. The summed E-state index contributed by atoms with van der Waals surface area (Å²) in [6.45, 7) is 10.5. The minimum atomic E-state index is -0.175. The maximum absolute atomic E-state index is 12.0. The summed E-state index contributed by atoms with van der Waals surface area (Å²) < 4.78 is 7.14. The van der Waals surface area contributed by atoms with Crippen LogP contribution >= 0.6 is 0 Å². The van der Waals surface area contributed by atoms with Gasteiger partial charge in [0.2, 0.25) is 0 Å². The standard InChI is InChI=1S/C22H32N6O2/c1-18(2)23-22(29)20-17-28(25-24-20)16-15-27-13-11-26(12-14-27)10-6-8-19-7-4-5-9-21(19)30-3/h4-9,17-18H,10-16H2,1-3H3,(H,23,29)/b8-6+. The Kier molecular flexibility index (Phi) is 7.98. The molecule has 2 aromatic rings. The fourth-order valence-corrected chi connectivity index (χ4v) is 3.42. The highest BCUT2D eigenvalue weighted by atomic mass is 16.5. The average molecular weight is 413 g/mol. The number of nitrogens with zero attached hydrogens (tertiary/aromatic N) is 5. The Morgan fingerprint density at radius 3 is 2.63 bits per heavy atom. The van der Waals surface area contributed by atoms with Crippen LogP contribution in [0.5, 0.6) is 5.75 Å². The lowest BCUT2D eigenvalue weighted by atomic mass is 10.2. The lowest BCUT2D eigenvalue weighted by Crippen LogP contribution is -2.47. The van der Waals surface area contributed by atoms with E-state index in [4.69, 9.17) is 4.74 Å². The molecule has 0 atom stereocenters. The number of aromatic nitrogens is 3. The molecule has 1 aromatic heterocycles. The number of rotatable bonds is 9. The summed E-state index contributed by atoms with van der Waals surface area (Å²) >= 11 is 0. The zero-order chi connectivity index (χ0) is 21.3. The summed E-state index contributed by atoms with van der Waals surface area (Å²) in [5.41, 5.74) is 1.48. The third-order valence-corrected chi connectivity index (χ3v) is 5.10. The number of carbonyl (C=O) groups is 1. The summed E-state index contributed by atoms with van der Waals surface area (Å²) in [5, 5.41) is 10.9. The molecule has 1 saturated heterocycles. The Morgan fingerprint density at radius 1 is 1.17 bits per heavy atom. The Morgan fingerprint density at radius 2 is 1.90 bits per heavy atom. The van der Waals surface area contributed by atoms with Gasteiger partial charge in [-0.1, -0.05) is 35.6 Å². The summed E-state index contributed by atoms with van der Waals surface area (Å²) in [6.07, 6.45) is 6.05. The van der Waals surface area contributed by atoms with Crippen molar-refractivity contribution in [3.05, 3.63) is 47.8 Å². The van der Waals surface area contributed by atoms with Gasteiger partial charge in [-0.2, -0.15) is 0 Å². The Hall–Kier alpha value is -2.71. The molecular weight excluding hydrogens is 380 g/mol. The van der Waals surface area contributed by atoms with Crippen LogP contribution in [0.3, 0.4) is 0 Å². The molecule has 162 valence electrons. The zero-order valence-electron chi connectivity index (χ0n) is 18.1. The summed E-state index contributed by atoms with van der Waals surface area (Å²) in [6, 6.07) is 8.14. The van der Waals surface area contributed by atoms with Crippen LogP contribution in [0, 0.1) is 0 Å². The van der Waals surface area contributed by atoms with Crippen molar-refractivity contribution in [2.75, 3.05) is 46.4 Å².